The molecule has 82 valence electrons. The predicted molar refractivity (Wildman–Crippen MR) is 62.0 cm³/mol. The van der Waals surface area contributed by atoms with Gasteiger partial charge >= 0.3 is 0 Å². The summed E-state index contributed by atoms with van der Waals surface area (Å²) in [5.74, 6) is 1.56. The summed E-state index contributed by atoms with van der Waals surface area (Å²) >= 11 is 0. The molecule has 0 saturated carbocycles. The van der Waals surface area contributed by atoms with E-state index >= 15 is 0 Å². The van der Waals surface area contributed by atoms with Crippen molar-refractivity contribution >= 4 is 5.82 Å². The zero-order valence-corrected chi connectivity index (χ0v) is 9.31. The number of anilines is 1. The van der Waals surface area contributed by atoms with Crippen molar-refractivity contribution in [2.24, 2.45) is 0 Å². The van der Waals surface area contributed by atoms with Gasteiger partial charge in [-0.25, -0.2) is 19.9 Å². The van der Waals surface area contributed by atoms with Crippen LogP contribution in [0.5, 0.6) is 0 Å². The first-order valence-corrected chi connectivity index (χ1v) is 5.14. The Hall–Kier alpha value is -2.04. The van der Waals surface area contributed by atoms with E-state index in [9.17, 15) is 0 Å². The molecule has 1 N–H and O–H groups in total. The van der Waals surface area contributed by atoms with Gasteiger partial charge in [0.2, 0.25) is 0 Å². The molecule has 0 aliphatic rings. The fourth-order valence-electron chi connectivity index (χ4n) is 1.42. The molecule has 0 aromatic carbocycles. The average molecular weight is 215 g/mol. The van der Waals surface area contributed by atoms with Crippen LogP contribution in [-0.4, -0.2) is 26.5 Å². The van der Waals surface area contributed by atoms with Crippen molar-refractivity contribution in [1.29, 1.82) is 0 Å². The third-order valence-corrected chi connectivity index (χ3v) is 2.05. The predicted octanol–water partition coefficient (Wildman–Crippen LogP) is 1.67. The molecule has 2 aromatic rings. The Morgan fingerprint density at radius 3 is 2.62 bits per heavy atom. The minimum absolute atomic E-state index is 0.734. The molecule has 0 saturated heterocycles. The summed E-state index contributed by atoms with van der Waals surface area (Å²) in [6.07, 6.45) is 4.98. The van der Waals surface area contributed by atoms with Crippen LogP contribution in [0.4, 0.5) is 5.82 Å². The largest absolute Gasteiger partial charge is 0.370 e. The number of rotatable bonds is 3. The van der Waals surface area contributed by atoms with Crippen LogP contribution in [0, 0.1) is 6.92 Å². The molecule has 0 unspecified atom stereocenters. The monoisotopic (exact) mass is 215 g/mol. The number of hydrogen-bond acceptors (Lipinski definition) is 5. The molecule has 2 heterocycles. The van der Waals surface area contributed by atoms with E-state index in [0.29, 0.717) is 0 Å². The molecular formula is C11H13N5. The van der Waals surface area contributed by atoms with Crippen LogP contribution in [0.3, 0.4) is 0 Å². The Kier molecular flexibility index (Phi) is 3.05. The van der Waals surface area contributed by atoms with Crippen LogP contribution >= 0.6 is 0 Å². The molecule has 5 nitrogen and oxygen atoms in total. The van der Waals surface area contributed by atoms with E-state index in [2.05, 4.69) is 25.3 Å². The van der Waals surface area contributed by atoms with Gasteiger partial charge in [-0.05, 0) is 13.8 Å². The maximum atomic E-state index is 4.36. The molecule has 5 heteroatoms. The summed E-state index contributed by atoms with van der Waals surface area (Å²) in [4.78, 5) is 16.6. The Bertz CT molecular complexity index is 469. The molecule has 0 fully saturated rings. The van der Waals surface area contributed by atoms with Gasteiger partial charge in [-0.3, -0.25) is 0 Å². The SMILES string of the molecule is CCNc1cc(-c2cncnc2)nc(C)n1. The number of nitrogens with one attached hydrogen (secondary N) is 1. The van der Waals surface area contributed by atoms with Crippen LogP contribution in [0.1, 0.15) is 12.7 Å². The molecule has 2 aromatic heterocycles. The fourth-order valence-corrected chi connectivity index (χ4v) is 1.42. The smallest absolute Gasteiger partial charge is 0.130 e. The minimum Gasteiger partial charge on any atom is -0.370 e. The quantitative estimate of drug-likeness (QED) is 0.843. The lowest BCUT2D eigenvalue weighted by Crippen LogP contribution is -2.02. The Morgan fingerprint density at radius 1 is 1.19 bits per heavy atom. The van der Waals surface area contributed by atoms with E-state index in [1.807, 2.05) is 19.9 Å². The normalized spacial score (nSPS) is 10.1. The van der Waals surface area contributed by atoms with Gasteiger partial charge in [0, 0.05) is 30.6 Å². The summed E-state index contributed by atoms with van der Waals surface area (Å²) < 4.78 is 0. The number of hydrogen-bond donors (Lipinski definition) is 1. The van der Waals surface area contributed by atoms with E-state index in [-0.39, 0.29) is 0 Å². The molecule has 0 aliphatic heterocycles. The summed E-state index contributed by atoms with van der Waals surface area (Å²) in [7, 11) is 0. The summed E-state index contributed by atoms with van der Waals surface area (Å²) in [6, 6.07) is 1.90. The van der Waals surface area contributed by atoms with Crippen molar-refractivity contribution < 1.29 is 0 Å². The second kappa shape index (κ2) is 4.65. The van der Waals surface area contributed by atoms with Crippen LogP contribution in [-0.2, 0) is 0 Å². The van der Waals surface area contributed by atoms with E-state index in [4.69, 9.17) is 0 Å². The molecule has 0 radical (unpaired) electrons. The molecule has 0 atom stereocenters. The van der Waals surface area contributed by atoms with Crippen molar-refractivity contribution in [2.75, 3.05) is 11.9 Å². The van der Waals surface area contributed by atoms with Crippen molar-refractivity contribution in [3.05, 3.63) is 30.6 Å². The second-order valence-electron chi connectivity index (χ2n) is 3.34. The van der Waals surface area contributed by atoms with Gasteiger partial charge in [-0.2, -0.15) is 0 Å². The van der Waals surface area contributed by atoms with Gasteiger partial charge < -0.3 is 5.32 Å². The van der Waals surface area contributed by atoms with E-state index in [1.54, 1.807) is 12.4 Å². The second-order valence-corrected chi connectivity index (χ2v) is 3.34. The third kappa shape index (κ3) is 2.31. The minimum atomic E-state index is 0.734. The van der Waals surface area contributed by atoms with Crippen molar-refractivity contribution in [3.63, 3.8) is 0 Å². The first kappa shape index (κ1) is 10.5. The fraction of sp³-hybridized carbons (Fsp3) is 0.273. The highest BCUT2D eigenvalue weighted by molar-refractivity contribution is 5.60. The van der Waals surface area contributed by atoms with Crippen molar-refractivity contribution in [2.45, 2.75) is 13.8 Å². The van der Waals surface area contributed by atoms with Gasteiger partial charge in [-0.15, -0.1) is 0 Å². The van der Waals surface area contributed by atoms with Crippen LogP contribution in [0.25, 0.3) is 11.3 Å². The van der Waals surface area contributed by atoms with E-state index in [1.165, 1.54) is 6.33 Å². The number of aryl methyl sites for hydroxylation is 1. The lowest BCUT2D eigenvalue weighted by Gasteiger charge is -2.06. The molecule has 2 rings (SSSR count). The number of aromatic nitrogens is 4. The lowest BCUT2D eigenvalue weighted by atomic mass is 10.2. The maximum Gasteiger partial charge on any atom is 0.130 e. The highest BCUT2D eigenvalue weighted by Crippen LogP contribution is 2.17. The molecule has 16 heavy (non-hydrogen) atoms. The highest BCUT2D eigenvalue weighted by Gasteiger charge is 2.03. The molecule has 0 amide bonds. The van der Waals surface area contributed by atoms with Gasteiger partial charge in [0.25, 0.3) is 0 Å². The molecular weight excluding hydrogens is 202 g/mol. The van der Waals surface area contributed by atoms with Crippen molar-refractivity contribution in [1.82, 2.24) is 19.9 Å². The van der Waals surface area contributed by atoms with Crippen LogP contribution in [0.2, 0.25) is 0 Å². The van der Waals surface area contributed by atoms with E-state index in [0.717, 1.165) is 29.4 Å². The highest BCUT2D eigenvalue weighted by atomic mass is 15.0. The standard InChI is InChI=1S/C11H13N5/c1-3-14-11-4-10(15-8(2)16-11)9-5-12-7-13-6-9/h4-7H,3H2,1-2H3,(H,14,15,16). The number of nitrogens with zero attached hydrogens (tertiary/aromatic N) is 4. The van der Waals surface area contributed by atoms with Gasteiger partial charge in [0.05, 0.1) is 5.69 Å². The lowest BCUT2D eigenvalue weighted by molar-refractivity contribution is 1.03. The van der Waals surface area contributed by atoms with Gasteiger partial charge in [0.1, 0.15) is 18.0 Å². The van der Waals surface area contributed by atoms with E-state index < -0.39 is 0 Å². The third-order valence-electron chi connectivity index (χ3n) is 2.05. The molecule has 0 aliphatic carbocycles. The first-order valence-electron chi connectivity index (χ1n) is 5.14. The van der Waals surface area contributed by atoms with Gasteiger partial charge in [0.15, 0.2) is 0 Å². The Balaban J connectivity index is 2.41. The van der Waals surface area contributed by atoms with Crippen LogP contribution in [0.15, 0.2) is 24.8 Å². The topological polar surface area (TPSA) is 63.6 Å². The summed E-state index contributed by atoms with van der Waals surface area (Å²) in [5.41, 5.74) is 1.73. The van der Waals surface area contributed by atoms with Gasteiger partial charge in [-0.1, -0.05) is 0 Å². The summed E-state index contributed by atoms with van der Waals surface area (Å²) in [6.45, 7) is 4.73. The molecule has 0 spiro atoms. The zero-order chi connectivity index (χ0) is 11.4. The van der Waals surface area contributed by atoms with Crippen molar-refractivity contribution in [3.8, 4) is 11.3 Å². The van der Waals surface area contributed by atoms with Crippen LogP contribution < -0.4 is 5.32 Å². The Labute approximate surface area is 94.0 Å². The Morgan fingerprint density at radius 2 is 1.94 bits per heavy atom. The maximum absolute atomic E-state index is 4.36. The first-order chi connectivity index (χ1) is 7.79. The zero-order valence-electron chi connectivity index (χ0n) is 9.31. The molecule has 0 bridgehead atoms. The average Bonchev–Trinajstić information content (AvgIpc) is 2.30. The summed E-state index contributed by atoms with van der Waals surface area (Å²) in [5, 5.41) is 3.17.